The lowest BCUT2D eigenvalue weighted by Gasteiger charge is -2.21. The lowest BCUT2D eigenvalue weighted by Crippen LogP contribution is -2.49. The van der Waals surface area contributed by atoms with Gasteiger partial charge in [-0.05, 0) is 25.8 Å². The third kappa shape index (κ3) is 6.45. The number of imidazole rings is 1. The predicted molar refractivity (Wildman–Crippen MR) is 117 cm³/mol. The number of amides is 2. The highest BCUT2D eigenvalue weighted by atomic mass is 35.5. The van der Waals surface area contributed by atoms with Crippen LogP contribution in [0.25, 0.3) is 0 Å². The summed E-state index contributed by atoms with van der Waals surface area (Å²) in [7, 11) is 0. The van der Waals surface area contributed by atoms with Crippen molar-refractivity contribution in [3.63, 3.8) is 0 Å². The largest absolute Gasteiger partial charge is 0.343 e. The van der Waals surface area contributed by atoms with Gasteiger partial charge < -0.3 is 20.5 Å². The fourth-order valence-electron chi connectivity index (χ4n) is 3.34. The van der Waals surface area contributed by atoms with Gasteiger partial charge in [0.2, 0.25) is 11.8 Å². The van der Waals surface area contributed by atoms with E-state index in [1.54, 1.807) is 11.2 Å². The first kappa shape index (κ1) is 24.9. The van der Waals surface area contributed by atoms with Gasteiger partial charge in [0.25, 0.3) is 0 Å². The summed E-state index contributed by atoms with van der Waals surface area (Å²) >= 11 is 0. The molecule has 1 fully saturated rings. The SMILES string of the molecule is CC(C)N1CCC(NC(=O)[C@@H](N)Cc2cn(Cc3ccccc3)cn2)C1=O.Cl.Cl. The smallest absolute Gasteiger partial charge is 0.245 e. The van der Waals surface area contributed by atoms with Crippen LogP contribution in [0.3, 0.4) is 0 Å². The molecule has 0 saturated carbocycles. The summed E-state index contributed by atoms with van der Waals surface area (Å²) in [5.41, 5.74) is 7.98. The molecule has 2 atom stereocenters. The minimum absolute atomic E-state index is 0. The maximum atomic E-state index is 12.4. The minimum Gasteiger partial charge on any atom is -0.343 e. The average Bonchev–Trinajstić information content (AvgIpc) is 3.22. The average molecular weight is 442 g/mol. The van der Waals surface area contributed by atoms with Crippen molar-refractivity contribution < 1.29 is 9.59 Å². The molecule has 0 spiro atoms. The highest BCUT2D eigenvalue weighted by Gasteiger charge is 2.34. The fourth-order valence-corrected chi connectivity index (χ4v) is 3.34. The normalized spacial score (nSPS) is 16.9. The lowest BCUT2D eigenvalue weighted by atomic mass is 10.1. The van der Waals surface area contributed by atoms with Gasteiger partial charge in [0.15, 0.2) is 0 Å². The van der Waals surface area contributed by atoms with Crippen molar-refractivity contribution >= 4 is 36.6 Å². The summed E-state index contributed by atoms with van der Waals surface area (Å²) in [6.07, 6.45) is 4.61. The molecule has 2 heterocycles. The van der Waals surface area contributed by atoms with E-state index in [0.29, 0.717) is 19.4 Å². The number of hydrogen-bond donors (Lipinski definition) is 2. The van der Waals surface area contributed by atoms with E-state index in [0.717, 1.165) is 12.2 Å². The highest BCUT2D eigenvalue weighted by Crippen LogP contribution is 2.14. The summed E-state index contributed by atoms with van der Waals surface area (Å²) in [6, 6.07) is 9.02. The zero-order valence-corrected chi connectivity index (χ0v) is 18.3. The molecule has 1 aliphatic rings. The van der Waals surface area contributed by atoms with Crippen molar-refractivity contribution in [2.75, 3.05) is 6.54 Å². The van der Waals surface area contributed by atoms with Gasteiger partial charge in [-0.2, -0.15) is 0 Å². The maximum Gasteiger partial charge on any atom is 0.245 e. The topological polar surface area (TPSA) is 93.2 Å². The van der Waals surface area contributed by atoms with E-state index in [1.165, 1.54) is 5.56 Å². The number of carbonyl (C=O) groups excluding carboxylic acids is 2. The third-order valence-corrected chi connectivity index (χ3v) is 4.84. The summed E-state index contributed by atoms with van der Waals surface area (Å²) in [4.78, 5) is 30.8. The lowest BCUT2D eigenvalue weighted by molar-refractivity contribution is -0.134. The number of nitrogens with two attached hydrogens (primary N) is 1. The summed E-state index contributed by atoms with van der Waals surface area (Å²) in [6.45, 7) is 5.33. The van der Waals surface area contributed by atoms with Crippen LogP contribution in [0.5, 0.6) is 0 Å². The van der Waals surface area contributed by atoms with Crippen molar-refractivity contribution in [1.82, 2.24) is 19.8 Å². The van der Waals surface area contributed by atoms with Crippen LogP contribution in [0, 0.1) is 0 Å². The van der Waals surface area contributed by atoms with Gasteiger partial charge in [0.05, 0.1) is 18.1 Å². The van der Waals surface area contributed by atoms with Crippen LogP contribution in [0.4, 0.5) is 0 Å². The number of nitrogens with one attached hydrogen (secondary N) is 1. The Kier molecular flexibility index (Phi) is 9.62. The number of nitrogens with zero attached hydrogens (tertiary/aromatic N) is 3. The fraction of sp³-hybridized carbons (Fsp3) is 0.450. The molecule has 0 radical (unpaired) electrons. The van der Waals surface area contributed by atoms with Gasteiger partial charge in [0.1, 0.15) is 6.04 Å². The molecule has 0 bridgehead atoms. The summed E-state index contributed by atoms with van der Waals surface area (Å²) in [5.74, 6) is -0.339. The summed E-state index contributed by atoms with van der Waals surface area (Å²) < 4.78 is 1.97. The van der Waals surface area contributed by atoms with Gasteiger partial charge in [0, 0.05) is 31.7 Å². The first-order valence-corrected chi connectivity index (χ1v) is 9.35. The molecule has 29 heavy (non-hydrogen) atoms. The second-order valence-corrected chi connectivity index (χ2v) is 7.31. The molecule has 3 rings (SSSR count). The molecule has 0 aliphatic carbocycles. The van der Waals surface area contributed by atoms with Crippen molar-refractivity contribution in [3.05, 3.63) is 54.1 Å². The van der Waals surface area contributed by atoms with E-state index in [-0.39, 0.29) is 42.7 Å². The molecule has 1 aromatic carbocycles. The molecule has 1 unspecified atom stereocenters. The first-order valence-electron chi connectivity index (χ1n) is 9.35. The van der Waals surface area contributed by atoms with Gasteiger partial charge in [-0.3, -0.25) is 9.59 Å². The summed E-state index contributed by atoms with van der Waals surface area (Å²) in [5, 5.41) is 2.79. The van der Waals surface area contributed by atoms with Crippen molar-refractivity contribution in [2.45, 2.75) is 51.4 Å². The van der Waals surface area contributed by atoms with Crippen LogP contribution in [-0.2, 0) is 22.6 Å². The Morgan fingerprint density at radius 2 is 1.97 bits per heavy atom. The number of carbonyl (C=O) groups is 2. The van der Waals surface area contributed by atoms with E-state index < -0.39 is 12.1 Å². The van der Waals surface area contributed by atoms with Crippen molar-refractivity contribution in [2.24, 2.45) is 5.73 Å². The highest BCUT2D eigenvalue weighted by molar-refractivity contribution is 5.91. The molecule has 1 aromatic heterocycles. The second kappa shape index (κ2) is 11.2. The van der Waals surface area contributed by atoms with Crippen molar-refractivity contribution in [3.8, 4) is 0 Å². The van der Waals surface area contributed by atoms with Crippen LogP contribution >= 0.6 is 24.8 Å². The Morgan fingerprint density at radius 3 is 2.59 bits per heavy atom. The zero-order chi connectivity index (χ0) is 19.4. The molecule has 7 nitrogen and oxygen atoms in total. The van der Waals surface area contributed by atoms with E-state index in [9.17, 15) is 9.59 Å². The first-order chi connectivity index (χ1) is 12.9. The van der Waals surface area contributed by atoms with Gasteiger partial charge in [-0.15, -0.1) is 24.8 Å². The van der Waals surface area contributed by atoms with E-state index in [4.69, 9.17) is 5.73 Å². The standard InChI is InChI=1S/C20H27N5O2.2ClH/c1-14(2)25-9-8-18(20(25)27)23-19(26)17(21)10-16-12-24(13-22-16)11-15-6-4-3-5-7-15;;/h3-7,12-14,17-18H,8-11,21H2,1-2H3,(H,23,26);2*1H/t17-,18?;;/m0../s1. The molecule has 1 aliphatic heterocycles. The molecule has 9 heteroatoms. The Hall–Kier alpha value is -2.09. The predicted octanol–water partition coefficient (Wildman–Crippen LogP) is 1.77. The Balaban J connectivity index is 0.00000210. The zero-order valence-electron chi connectivity index (χ0n) is 16.7. The van der Waals surface area contributed by atoms with E-state index in [1.807, 2.05) is 42.8 Å². The van der Waals surface area contributed by atoms with E-state index in [2.05, 4.69) is 22.4 Å². The van der Waals surface area contributed by atoms with E-state index >= 15 is 0 Å². The molecule has 2 aromatic rings. The third-order valence-electron chi connectivity index (χ3n) is 4.84. The molecule has 1 saturated heterocycles. The molecule has 160 valence electrons. The Bertz CT molecular complexity index is 797. The van der Waals surface area contributed by atoms with Crippen LogP contribution in [0.1, 0.15) is 31.5 Å². The number of aromatic nitrogens is 2. The maximum absolute atomic E-state index is 12.4. The van der Waals surface area contributed by atoms with Gasteiger partial charge in [-0.1, -0.05) is 30.3 Å². The molecular weight excluding hydrogens is 413 g/mol. The van der Waals surface area contributed by atoms with Crippen LogP contribution in [-0.4, -0.2) is 50.9 Å². The number of hydrogen-bond acceptors (Lipinski definition) is 4. The number of halogens is 2. The second-order valence-electron chi connectivity index (χ2n) is 7.31. The number of likely N-dealkylation sites (tertiary alicyclic amines) is 1. The molecule has 3 N–H and O–H groups in total. The molecular formula is C20H29Cl2N5O2. The Morgan fingerprint density at radius 1 is 1.28 bits per heavy atom. The Labute approximate surface area is 183 Å². The minimum atomic E-state index is -0.731. The van der Waals surface area contributed by atoms with Crippen LogP contribution in [0.15, 0.2) is 42.9 Å². The molecule has 2 amide bonds. The quantitative estimate of drug-likeness (QED) is 0.684. The van der Waals surface area contributed by atoms with Crippen molar-refractivity contribution in [1.29, 1.82) is 0 Å². The van der Waals surface area contributed by atoms with Gasteiger partial charge in [-0.25, -0.2) is 4.98 Å². The van der Waals surface area contributed by atoms with Crippen LogP contribution < -0.4 is 11.1 Å². The number of rotatable bonds is 7. The van der Waals surface area contributed by atoms with Crippen LogP contribution in [0.2, 0.25) is 0 Å². The monoisotopic (exact) mass is 441 g/mol. The number of benzene rings is 1. The van der Waals surface area contributed by atoms with Gasteiger partial charge >= 0.3 is 0 Å².